The predicted molar refractivity (Wildman–Crippen MR) is 51.9 cm³/mol. The summed E-state index contributed by atoms with van der Waals surface area (Å²) >= 11 is 0. The van der Waals surface area contributed by atoms with Crippen LogP contribution in [-0.4, -0.2) is 22.3 Å². The molecule has 0 aromatic carbocycles. The molecule has 1 amide bonds. The van der Waals surface area contributed by atoms with Crippen LogP contribution in [0.25, 0.3) is 0 Å². The number of carbonyl (C=O) groups excluding carboxylic acids is 1. The molecule has 1 aromatic heterocycles. The largest absolute Gasteiger partial charge is 0.337 e. The average molecular weight is 192 g/mol. The van der Waals surface area contributed by atoms with Crippen LogP contribution in [-0.2, 0) is 17.8 Å². The smallest absolute Gasteiger partial charge is 0.248 e. The number of aromatic amines is 1. The van der Waals surface area contributed by atoms with Crippen molar-refractivity contribution in [2.45, 2.75) is 19.9 Å². The zero-order valence-electron chi connectivity index (χ0n) is 8.04. The van der Waals surface area contributed by atoms with E-state index in [0.717, 1.165) is 24.2 Å². The Morgan fingerprint density at radius 1 is 1.50 bits per heavy atom. The summed E-state index contributed by atoms with van der Waals surface area (Å²) in [5.41, 5.74) is 1.91. The van der Waals surface area contributed by atoms with E-state index in [1.54, 1.807) is 11.8 Å². The van der Waals surface area contributed by atoms with Crippen LogP contribution in [0.3, 0.4) is 0 Å². The van der Waals surface area contributed by atoms with Crippen LogP contribution in [0.4, 0.5) is 0 Å². The van der Waals surface area contributed by atoms with Crippen molar-refractivity contribution in [1.29, 1.82) is 0 Å². The van der Waals surface area contributed by atoms with E-state index in [0.29, 0.717) is 6.54 Å². The second-order valence-electron chi connectivity index (χ2n) is 3.52. The lowest BCUT2D eigenvalue weighted by Gasteiger charge is -2.27. The first-order chi connectivity index (χ1) is 6.66. The van der Waals surface area contributed by atoms with E-state index >= 15 is 0 Å². The van der Waals surface area contributed by atoms with E-state index in [1.807, 2.05) is 6.07 Å². The number of pyridine rings is 1. The molecule has 0 radical (unpaired) electrons. The number of aromatic nitrogens is 1. The van der Waals surface area contributed by atoms with Gasteiger partial charge in [0, 0.05) is 25.2 Å². The molecule has 0 spiro atoms. The minimum atomic E-state index is -0.103. The summed E-state index contributed by atoms with van der Waals surface area (Å²) in [4.78, 5) is 26.7. The van der Waals surface area contributed by atoms with Crippen LogP contribution in [0.15, 0.2) is 16.9 Å². The van der Waals surface area contributed by atoms with Crippen LogP contribution in [0.1, 0.15) is 18.2 Å². The highest BCUT2D eigenvalue weighted by Gasteiger charge is 2.18. The van der Waals surface area contributed by atoms with Crippen molar-refractivity contribution < 1.29 is 4.79 Å². The van der Waals surface area contributed by atoms with Gasteiger partial charge in [-0.1, -0.05) is 6.07 Å². The molecule has 1 aromatic rings. The summed E-state index contributed by atoms with van der Waals surface area (Å²) in [5.74, 6) is 0.0559. The molecule has 0 unspecified atom stereocenters. The van der Waals surface area contributed by atoms with Crippen LogP contribution >= 0.6 is 0 Å². The first kappa shape index (κ1) is 8.99. The van der Waals surface area contributed by atoms with Gasteiger partial charge in [-0.3, -0.25) is 9.59 Å². The highest BCUT2D eigenvalue weighted by Crippen LogP contribution is 2.14. The molecule has 1 N–H and O–H groups in total. The molecule has 4 heteroatoms. The molecule has 0 bridgehead atoms. The number of amides is 1. The molecule has 0 fully saturated rings. The van der Waals surface area contributed by atoms with E-state index in [9.17, 15) is 9.59 Å². The van der Waals surface area contributed by atoms with Crippen LogP contribution < -0.4 is 5.56 Å². The van der Waals surface area contributed by atoms with Gasteiger partial charge in [0.15, 0.2) is 0 Å². The van der Waals surface area contributed by atoms with Gasteiger partial charge >= 0.3 is 0 Å². The quantitative estimate of drug-likeness (QED) is 0.642. The molecule has 4 nitrogen and oxygen atoms in total. The molecule has 2 heterocycles. The van der Waals surface area contributed by atoms with Crippen molar-refractivity contribution in [3.05, 3.63) is 33.7 Å². The molecule has 0 saturated heterocycles. The highest BCUT2D eigenvalue weighted by atomic mass is 16.2. The summed E-state index contributed by atoms with van der Waals surface area (Å²) in [6.07, 6.45) is 0.825. The summed E-state index contributed by atoms with van der Waals surface area (Å²) in [5, 5.41) is 0. The van der Waals surface area contributed by atoms with E-state index in [4.69, 9.17) is 0 Å². The summed E-state index contributed by atoms with van der Waals surface area (Å²) in [6, 6.07) is 3.37. The summed E-state index contributed by atoms with van der Waals surface area (Å²) < 4.78 is 0. The Balaban J connectivity index is 2.33. The molecule has 2 rings (SSSR count). The fourth-order valence-electron chi connectivity index (χ4n) is 1.72. The van der Waals surface area contributed by atoms with Crippen molar-refractivity contribution in [1.82, 2.24) is 9.88 Å². The molecule has 1 aliphatic rings. The third-order valence-electron chi connectivity index (χ3n) is 2.54. The van der Waals surface area contributed by atoms with Gasteiger partial charge in [0.2, 0.25) is 11.5 Å². The zero-order valence-corrected chi connectivity index (χ0v) is 8.04. The Morgan fingerprint density at radius 2 is 2.29 bits per heavy atom. The lowest BCUT2D eigenvalue weighted by Crippen LogP contribution is -2.35. The van der Waals surface area contributed by atoms with Gasteiger partial charge < -0.3 is 9.88 Å². The van der Waals surface area contributed by atoms with Gasteiger partial charge in [0.1, 0.15) is 0 Å². The standard InChI is InChI=1S/C10H12N2O2/c1-7(13)12-5-4-8-2-3-10(14)11-9(8)6-12/h2-3H,4-6H2,1H3,(H,11,14). The Bertz CT molecular complexity index is 422. The Morgan fingerprint density at radius 3 is 3.00 bits per heavy atom. The maximum Gasteiger partial charge on any atom is 0.248 e. The maximum atomic E-state index is 11.1. The minimum Gasteiger partial charge on any atom is -0.337 e. The summed E-state index contributed by atoms with van der Waals surface area (Å²) in [6.45, 7) is 2.82. The van der Waals surface area contributed by atoms with Gasteiger partial charge in [-0.2, -0.15) is 0 Å². The van der Waals surface area contributed by atoms with Crippen molar-refractivity contribution in [3.8, 4) is 0 Å². The SMILES string of the molecule is CC(=O)N1CCc2ccc(=O)[nH]c2C1. The number of nitrogens with one attached hydrogen (secondary N) is 1. The Labute approximate surface area is 81.6 Å². The number of fused-ring (bicyclic) bond motifs is 1. The fraction of sp³-hybridized carbons (Fsp3) is 0.400. The average Bonchev–Trinajstić information content (AvgIpc) is 2.16. The molecule has 0 atom stereocenters. The van der Waals surface area contributed by atoms with E-state index < -0.39 is 0 Å². The molecular formula is C10H12N2O2. The van der Waals surface area contributed by atoms with Gasteiger partial charge in [-0.05, 0) is 12.0 Å². The van der Waals surface area contributed by atoms with Gasteiger partial charge in [0.25, 0.3) is 0 Å². The van der Waals surface area contributed by atoms with Gasteiger partial charge in [0.05, 0.1) is 6.54 Å². The Kier molecular flexibility index (Phi) is 2.11. The number of rotatable bonds is 0. The van der Waals surface area contributed by atoms with Crippen LogP contribution in [0, 0.1) is 0 Å². The lowest BCUT2D eigenvalue weighted by molar-refractivity contribution is -0.129. The second-order valence-corrected chi connectivity index (χ2v) is 3.52. The third kappa shape index (κ3) is 1.55. The molecule has 0 aliphatic carbocycles. The third-order valence-corrected chi connectivity index (χ3v) is 2.54. The number of H-pyrrole nitrogens is 1. The van der Waals surface area contributed by atoms with Gasteiger partial charge in [-0.25, -0.2) is 0 Å². The van der Waals surface area contributed by atoms with Crippen LogP contribution in [0.5, 0.6) is 0 Å². The van der Waals surface area contributed by atoms with Crippen molar-refractivity contribution >= 4 is 5.91 Å². The van der Waals surface area contributed by atoms with E-state index in [2.05, 4.69) is 4.98 Å². The number of hydrogen-bond donors (Lipinski definition) is 1. The monoisotopic (exact) mass is 192 g/mol. The number of nitrogens with zero attached hydrogens (tertiary/aromatic N) is 1. The minimum absolute atomic E-state index is 0.0559. The van der Waals surface area contributed by atoms with Crippen molar-refractivity contribution in [2.75, 3.05) is 6.54 Å². The predicted octanol–water partition coefficient (Wildman–Crippen LogP) is 0.279. The number of carbonyl (C=O) groups is 1. The first-order valence-corrected chi connectivity index (χ1v) is 4.63. The van der Waals surface area contributed by atoms with Crippen molar-refractivity contribution in [3.63, 3.8) is 0 Å². The lowest BCUT2D eigenvalue weighted by atomic mass is 10.1. The highest BCUT2D eigenvalue weighted by molar-refractivity contribution is 5.73. The van der Waals surface area contributed by atoms with E-state index in [1.165, 1.54) is 6.07 Å². The zero-order chi connectivity index (χ0) is 10.1. The fourth-order valence-corrected chi connectivity index (χ4v) is 1.72. The molecule has 0 saturated carbocycles. The maximum absolute atomic E-state index is 11.1. The molecule has 1 aliphatic heterocycles. The molecule has 14 heavy (non-hydrogen) atoms. The van der Waals surface area contributed by atoms with Crippen LogP contribution in [0.2, 0.25) is 0 Å². The first-order valence-electron chi connectivity index (χ1n) is 4.63. The van der Waals surface area contributed by atoms with Crippen molar-refractivity contribution in [2.24, 2.45) is 0 Å². The topological polar surface area (TPSA) is 53.2 Å². The summed E-state index contributed by atoms with van der Waals surface area (Å²) in [7, 11) is 0. The normalized spacial score (nSPS) is 15.1. The molecular weight excluding hydrogens is 180 g/mol. The van der Waals surface area contributed by atoms with E-state index in [-0.39, 0.29) is 11.5 Å². The Hall–Kier alpha value is -1.58. The van der Waals surface area contributed by atoms with Gasteiger partial charge in [-0.15, -0.1) is 0 Å². The second kappa shape index (κ2) is 3.29. The molecule has 74 valence electrons. The number of hydrogen-bond acceptors (Lipinski definition) is 2.